The fraction of sp³-hybridized carbons (Fsp3) is 0.548. The summed E-state index contributed by atoms with van der Waals surface area (Å²) in [5, 5.41) is 17.9. The van der Waals surface area contributed by atoms with Gasteiger partial charge in [0.2, 0.25) is 5.91 Å². The van der Waals surface area contributed by atoms with E-state index in [-0.39, 0.29) is 29.3 Å². The van der Waals surface area contributed by atoms with Crippen molar-refractivity contribution >= 4 is 29.5 Å². The Labute approximate surface area is 313 Å². The van der Waals surface area contributed by atoms with Crippen LogP contribution in [-0.4, -0.2) is 78.2 Å². The molecule has 0 radical (unpaired) electrons. The van der Waals surface area contributed by atoms with E-state index in [1.165, 1.54) is 31.9 Å². The number of anilines is 2. The number of carbonyl (C=O) groups excluding carboxylic acids is 2. The first-order valence-corrected chi connectivity index (χ1v) is 19.7. The van der Waals surface area contributed by atoms with Crippen molar-refractivity contribution in [3.63, 3.8) is 0 Å². The van der Waals surface area contributed by atoms with Gasteiger partial charge in [-0.15, -0.1) is 0 Å². The topological polar surface area (TPSA) is 146 Å². The summed E-state index contributed by atoms with van der Waals surface area (Å²) in [6.07, 6.45) is 10.3. The molecule has 3 heterocycles. The van der Waals surface area contributed by atoms with E-state index < -0.39 is 0 Å². The van der Waals surface area contributed by atoms with Crippen LogP contribution in [-0.2, 0) is 17.8 Å². The van der Waals surface area contributed by atoms with Crippen molar-refractivity contribution in [2.24, 2.45) is 23.2 Å². The van der Waals surface area contributed by atoms with Gasteiger partial charge >= 0.3 is 0 Å². The molecular formula is C42H56N8O3. The maximum Gasteiger partial charge on any atom is 0.253 e. The van der Waals surface area contributed by atoms with Gasteiger partial charge in [-0.3, -0.25) is 19.3 Å². The number of rotatable bonds is 15. The average molecular weight is 721 g/mol. The zero-order valence-electron chi connectivity index (χ0n) is 31.8. The van der Waals surface area contributed by atoms with Gasteiger partial charge in [-0.1, -0.05) is 13.3 Å². The van der Waals surface area contributed by atoms with Crippen LogP contribution in [0.15, 0.2) is 41.3 Å². The minimum absolute atomic E-state index is 0.0738. The van der Waals surface area contributed by atoms with Crippen LogP contribution in [0.4, 0.5) is 11.5 Å². The molecule has 11 nitrogen and oxygen atoms in total. The first-order chi connectivity index (χ1) is 25.6. The van der Waals surface area contributed by atoms with Crippen molar-refractivity contribution in [3.05, 3.63) is 74.8 Å². The van der Waals surface area contributed by atoms with Crippen molar-refractivity contribution in [1.29, 1.82) is 5.41 Å². The Kier molecular flexibility index (Phi) is 10.7. The largest absolute Gasteiger partial charge is 0.383 e. The van der Waals surface area contributed by atoms with E-state index >= 15 is 0 Å². The Morgan fingerprint density at radius 1 is 1.04 bits per heavy atom. The van der Waals surface area contributed by atoms with Gasteiger partial charge in [-0.05, 0) is 118 Å². The standard InChI is InChI=1S/C42H56N8O3/c1-5-6-28-15-27(4)48-41(53)36(28)25-47-40(52)34-18-30(29-7-8-38(46-24-29)50-13-11-49(12-14-50)26(2)3)19-37(35(34)23-43)44-9-10-45-39(51)22-42-20-31-16-33(42)17-32(31)21-42/h7-8,15,18-19,23-24,26,31-33,43-44H,5-6,9-14,16-17,20-22,25H2,1-4H3,(H,45,51)(H,47,52)(H,48,53). The van der Waals surface area contributed by atoms with Crippen LogP contribution in [0.1, 0.15) is 92.0 Å². The zero-order chi connectivity index (χ0) is 37.3. The van der Waals surface area contributed by atoms with Gasteiger partial charge in [0.05, 0.1) is 5.56 Å². The third-order valence-electron chi connectivity index (χ3n) is 12.6. The highest BCUT2D eigenvalue weighted by Gasteiger charge is 2.63. The molecule has 3 aromatic rings. The van der Waals surface area contributed by atoms with E-state index in [9.17, 15) is 14.4 Å². The SMILES string of the molecule is CCCc1cc(C)[nH]c(=O)c1CNC(=O)c1cc(-c2ccc(N3CCN(C(C)C)CC3)nc2)cc(NCCNC(=O)CC23CC4CC2CC4C3)c1C=N. The maximum absolute atomic E-state index is 14.0. The molecular weight excluding hydrogens is 665 g/mol. The molecule has 2 unspecified atom stereocenters. The number of piperazine rings is 1. The lowest BCUT2D eigenvalue weighted by Gasteiger charge is -2.37. The number of aromatic nitrogens is 2. The van der Waals surface area contributed by atoms with Gasteiger partial charge in [-0.25, -0.2) is 4.98 Å². The van der Waals surface area contributed by atoms with Crippen molar-refractivity contribution in [1.82, 2.24) is 25.5 Å². The Hall–Kier alpha value is -4.51. The maximum atomic E-state index is 14.0. The van der Waals surface area contributed by atoms with E-state index in [1.807, 2.05) is 37.4 Å². The summed E-state index contributed by atoms with van der Waals surface area (Å²) in [7, 11) is 0. The first kappa shape index (κ1) is 36.8. The molecule has 11 heteroatoms. The van der Waals surface area contributed by atoms with Gasteiger partial charge in [0.15, 0.2) is 0 Å². The summed E-state index contributed by atoms with van der Waals surface area (Å²) in [5.74, 6) is 3.08. The molecule has 0 spiro atoms. The fourth-order valence-corrected chi connectivity index (χ4v) is 10.00. The Morgan fingerprint density at radius 3 is 2.42 bits per heavy atom. The number of aryl methyl sites for hydroxylation is 2. The molecule has 5 aliphatic rings. The summed E-state index contributed by atoms with van der Waals surface area (Å²) in [4.78, 5) is 52.5. The molecule has 4 aliphatic carbocycles. The minimum Gasteiger partial charge on any atom is -0.383 e. The van der Waals surface area contributed by atoms with Crippen molar-refractivity contribution in [2.45, 2.75) is 85.2 Å². The minimum atomic E-state index is -0.374. The summed E-state index contributed by atoms with van der Waals surface area (Å²) >= 11 is 0. The molecule has 1 aliphatic heterocycles. The molecule has 4 saturated carbocycles. The van der Waals surface area contributed by atoms with Gasteiger partial charge in [0.25, 0.3) is 11.5 Å². The number of aromatic amines is 1. The molecule has 53 heavy (non-hydrogen) atoms. The molecule has 2 aromatic heterocycles. The number of carbonyl (C=O) groups is 2. The number of hydrogen-bond acceptors (Lipinski definition) is 8. The van der Waals surface area contributed by atoms with Crippen LogP contribution in [0, 0.1) is 35.5 Å². The number of nitrogens with one attached hydrogen (secondary N) is 5. The Bertz CT molecular complexity index is 1880. The molecule has 2 atom stereocenters. The summed E-state index contributed by atoms with van der Waals surface area (Å²) in [5.41, 5.74) is 5.31. The second-order valence-electron chi connectivity index (χ2n) is 16.3. The molecule has 5 fully saturated rings. The second kappa shape index (κ2) is 15.5. The van der Waals surface area contributed by atoms with Crippen molar-refractivity contribution in [3.8, 4) is 11.1 Å². The lowest BCUT2D eigenvalue weighted by atomic mass is 9.78. The lowest BCUT2D eigenvalue weighted by molar-refractivity contribution is -0.123. The number of hydrogen-bond donors (Lipinski definition) is 5. The zero-order valence-corrected chi connectivity index (χ0v) is 31.8. The van der Waals surface area contributed by atoms with Gasteiger partial charge in [0, 0.05) is 98.8 Å². The summed E-state index contributed by atoms with van der Waals surface area (Å²) < 4.78 is 0. The molecule has 1 aromatic carbocycles. The van der Waals surface area contributed by atoms with E-state index in [1.54, 1.807) is 6.07 Å². The number of nitrogens with zero attached hydrogens (tertiary/aromatic N) is 3. The fourth-order valence-electron chi connectivity index (χ4n) is 10.00. The van der Waals surface area contributed by atoms with Crippen LogP contribution in [0.25, 0.3) is 11.1 Å². The highest BCUT2D eigenvalue weighted by Crippen LogP contribution is 2.71. The highest BCUT2D eigenvalue weighted by atomic mass is 16.2. The normalized spacial score (nSPS) is 23.2. The quantitative estimate of drug-likeness (QED) is 0.103. The third-order valence-corrected chi connectivity index (χ3v) is 12.6. The first-order valence-electron chi connectivity index (χ1n) is 19.7. The van der Waals surface area contributed by atoms with Crippen LogP contribution in [0.5, 0.6) is 0 Å². The van der Waals surface area contributed by atoms with Crippen LogP contribution in [0.2, 0.25) is 0 Å². The predicted molar refractivity (Wildman–Crippen MR) is 211 cm³/mol. The van der Waals surface area contributed by atoms with Crippen molar-refractivity contribution in [2.75, 3.05) is 49.5 Å². The summed E-state index contributed by atoms with van der Waals surface area (Å²) in [6, 6.07) is 10.3. The lowest BCUT2D eigenvalue weighted by Crippen LogP contribution is -2.49. The highest BCUT2D eigenvalue weighted by molar-refractivity contribution is 6.06. The molecule has 4 bridgehead atoms. The molecule has 282 valence electrons. The van der Waals surface area contributed by atoms with Crippen molar-refractivity contribution < 1.29 is 9.59 Å². The average Bonchev–Trinajstić information content (AvgIpc) is 3.89. The van der Waals surface area contributed by atoms with Crippen LogP contribution < -0.4 is 26.4 Å². The third kappa shape index (κ3) is 7.63. The van der Waals surface area contributed by atoms with E-state index in [0.29, 0.717) is 47.9 Å². The van der Waals surface area contributed by atoms with Gasteiger partial charge < -0.3 is 31.2 Å². The second-order valence-corrected chi connectivity index (χ2v) is 16.3. The number of amides is 2. The Morgan fingerprint density at radius 2 is 1.79 bits per heavy atom. The number of pyridine rings is 2. The molecule has 8 rings (SSSR count). The molecule has 1 saturated heterocycles. The summed E-state index contributed by atoms with van der Waals surface area (Å²) in [6.45, 7) is 13.2. The molecule has 5 N–H and O–H groups in total. The van der Waals surface area contributed by atoms with E-state index in [4.69, 9.17) is 10.4 Å². The molecule has 2 amide bonds. The van der Waals surface area contributed by atoms with Gasteiger partial charge in [0.1, 0.15) is 5.82 Å². The number of H-pyrrole nitrogens is 1. The monoisotopic (exact) mass is 720 g/mol. The predicted octanol–water partition coefficient (Wildman–Crippen LogP) is 5.51. The Balaban J connectivity index is 1.09. The number of benzene rings is 1. The van der Waals surface area contributed by atoms with E-state index in [2.05, 4.69) is 51.5 Å². The van der Waals surface area contributed by atoms with Crippen LogP contribution >= 0.6 is 0 Å². The van der Waals surface area contributed by atoms with Crippen LogP contribution in [0.3, 0.4) is 0 Å². The van der Waals surface area contributed by atoms with E-state index in [0.717, 1.165) is 85.0 Å². The van der Waals surface area contributed by atoms with Gasteiger partial charge in [-0.2, -0.15) is 0 Å². The smallest absolute Gasteiger partial charge is 0.253 e.